The van der Waals surface area contributed by atoms with Crippen molar-refractivity contribution in [3.63, 3.8) is 0 Å². The summed E-state index contributed by atoms with van der Waals surface area (Å²) in [5, 5.41) is 9.15. The molecule has 1 saturated heterocycles. The van der Waals surface area contributed by atoms with Crippen LogP contribution in [-0.2, 0) is 0 Å². The number of carbonyl (C=O) groups is 1. The summed E-state index contributed by atoms with van der Waals surface area (Å²) in [4.78, 5) is 16.0. The average Bonchev–Trinajstić information content (AvgIpc) is 2.79. The number of carbonyl (C=O) groups excluding carboxylic acids is 1. The van der Waals surface area contributed by atoms with Crippen molar-refractivity contribution in [1.29, 1.82) is 0 Å². The molecule has 106 valence electrons. The van der Waals surface area contributed by atoms with Crippen LogP contribution in [0.1, 0.15) is 23.5 Å². The molecule has 2 unspecified atom stereocenters. The first kappa shape index (κ1) is 13.6. The Labute approximate surface area is 125 Å². The summed E-state index contributed by atoms with van der Waals surface area (Å²) in [6.07, 6.45) is 1.60. The number of hydrogen-bond acceptors (Lipinski definition) is 6. The Balaban J connectivity index is 1.98. The summed E-state index contributed by atoms with van der Waals surface area (Å²) in [5.74, 6) is 0.993. The van der Waals surface area contributed by atoms with Gasteiger partial charge in [-0.25, -0.2) is 0 Å². The summed E-state index contributed by atoms with van der Waals surface area (Å²) >= 11 is 3.24. The number of nitrogens with two attached hydrogens (primary N) is 1. The number of nitrogen functional groups attached to an aromatic ring is 1. The second-order valence-corrected chi connectivity index (χ2v) is 7.39. The largest absolute Gasteiger partial charge is 0.397 e. The van der Waals surface area contributed by atoms with E-state index >= 15 is 0 Å². The van der Waals surface area contributed by atoms with Gasteiger partial charge in [-0.3, -0.25) is 4.79 Å². The topological polar surface area (TPSA) is 72.1 Å². The molecule has 0 aromatic carbocycles. The maximum atomic E-state index is 12.7. The number of aromatic nitrogens is 2. The van der Waals surface area contributed by atoms with Crippen molar-refractivity contribution in [3.8, 4) is 0 Å². The third-order valence-corrected chi connectivity index (χ3v) is 6.19. The third-order valence-electron chi connectivity index (χ3n) is 3.76. The maximum Gasteiger partial charge on any atom is 0.266 e. The molecule has 0 radical (unpaired) electrons. The number of hydrogen-bond donors (Lipinski definition) is 1. The Kier molecular flexibility index (Phi) is 3.55. The minimum Gasteiger partial charge on any atom is -0.397 e. The van der Waals surface area contributed by atoms with E-state index in [1.807, 2.05) is 22.7 Å². The van der Waals surface area contributed by atoms with Gasteiger partial charge in [0, 0.05) is 29.0 Å². The van der Waals surface area contributed by atoms with Crippen LogP contribution >= 0.6 is 23.1 Å². The summed E-state index contributed by atoms with van der Waals surface area (Å²) in [7, 11) is 0. The zero-order chi connectivity index (χ0) is 14.3. The number of amides is 1. The van der Waals surface area contributed by atoms with Crippen LogP contribution in [-0.4, -0.2) is 44.6 Å². The predicted molar refractivity (Wildman–Crippen MR) is 84.2 cm³/mol. The molecule has 3 rings (SSSR count). The van der Waals surface area contributed by atoms with E-state index in [0.29, 0.717) is 15.8 Å². The summed E-state index contributed by atoms with van der Waals surface area (Å²) in [6, 6.07) is 2.03. The first-order chi connectivity index (χ1) is 9.59. The number of fused-ring (bicyclic) bond motifs is 1. The van der Waals surface area contributed by atoms with Gasteiger partial charge in [-0.2, -0.15) is 16.9 Å². The standard InChI is InChI=1S/C13H16N4OS2/c1-7-8(2)19-6-5-17(7)13(18)11-10(14)9-3-4-15-16-12(9)20-11/h3-4,7-8H,5-6,14H2,1-2H3. The Morgan fingerprint density at radius 2 is 2.30 bits per heavy atom. The molecule has 1 fully saturated rings. The molecule has 0 bridgehead atoms. The van der Waals surface area contributed by atoms with Gasteiger partial charge in [0.2, 0.25) is 0 Å². The zero-order valence-corrected chi connectivity index (χ0v) is 13.0. The van der Waals surface area contributed by atoms with Crippen molar-refractivity contribution in [1.82, 2.24) is 15.1 Å². The first-order valence-corrected chi connectivity index (χ1v) is 8.38. The molecule has 2 aromatic heterocycles. The summed E-state index contributed by atoms with van der Waals surface area (Å²) in [5.41, 5.74) is 6.65. The average molecular weight is 308 g/mol. The highest BCUT2D eigenvalue weighted by Gasteiger charge is 2.31. The van der Waals surface area contributed by atoms with Crippen molar-refractivity contribution in [2.24, 2.45) is 0 Å². The van der Waals surface area contributed by atoms with Crippen LogP contribution < -0.4 is 5.73 Å². The van der Waals surface area contributed by atoms with Crippen molar-refractivity contribution < 1.29 is 4.79 Å². The third kappa shape index (κ3) is 2.14. The van der Waals surface area contributed by atoms with Gasteiger partial charge in [-0.05, 0) is 13.0 Å². The molecular weight excluding hydrogens is 292 g/mol. The quantitative estimate of drug-likeness (QED) is 0.874. The van der Waals surface area contributed by atoms with Crippen LogP contribution in [0.15, 0.2) is 12.3 Å². The lowest BCUT2D eigenvalue weighted by molar-refractivity contribution is 0.0704. The minimum atomic E-state index is 0.0187. The molecule has 2 aromatic rings. The number of thioether (sulfide) groups is 1. The van der Waals surface area contributed by atoms with Crippen molar-refractivity contribution in [3.05, 3.63) is 17.1 Å². The lowest BCUT2D eigenvalue weighted by Gasteiger charge is -2.37. The van der Waals surface area contributed by atoms with Crippen LogP contribution in [0.2, 0.25) is 0 Å². The maximum absolute atomic E-state index is 12.7. The molecule has 1 amide bonds. The van der Waals surface area contributed by atoms with Crippen LogP contribution in [0.25, 0.3) is 10.2 Å². The molecular formula is C13H16N4OS2. The molecule has 1 aliphatic heterocycles. The first-order valence-electron chi connectivity index (χ1n) is 6.52. The van der Waals surface area contributed by atoms with Gasteiger partial charge < -0.3 is 10.6 Å². The zero-order valence-electron chi connectivity index (χ0n) is 11.4. The number of anilines is 1. The molecule has 2 atom stereocenters. The Hall–Kier alpha value is -1.34. The highest BCUT2D eigenvalue weighted by molar-refractivity contribution is 8.00. The van der Waals surface area contributed by atoms with E-state index in [4.69, 9.17) is 5.73 Å². The molecule has 0 spiro atoms. The van der Waals surface area contributed by atoms with E-state index in [2.05, 4.69) is 24.0 Å². The smallest absolute Gasteiger partial charge is 0.266 e. The minimum absolute atomic E-state index is 0.0187. The van der Waals surface area contributed by atoms with Crippen LogP contribution in [0.3, 0.4) is 0 Å². The van der Waals surface area contributed by atoms with E-state index < -0.39 is 0 Å². The molecule has 20 heavy (non-hydrogen) atoms. The monoisotopic (exact) mass is 308 g/mol. The van der Waals surface area contributed by atoms with Crippen LogP contribution in [0.4, 0.5) is 5.69 Å². The van der Waals surface area contributed by atoms with E-state index in [1.54, 1.807) is 6.20 Å². The second-order valence-electron chi connectivity index (χ2n) is 4.91. The van der Waals surface area contributed by atoms with E-state index in [9.17, 15) is 4.79 Å². The Morgan fingerprint density at radius 3 is 3.05 bits per heavy atom. The van der Waals surface area contributed by atoms with Crippen molar-refractivity contribution in [2.75, 3.05) is 18.0 Å². The molecule has 5 nitrogen and oxygen atoms in total. The summed E-state index contributed by atoms with van der Waals surface area (Å²) < 4.78 is 0. The number of thiophene rings is 1. The van der Waals surface area contributed by atoms with Gasteiger partial charge in [0.1, 0.15) is 9.71 Å². The van der Waals surface area contributed by atoms with E-state index in [1.165, 1.54) is 11.3 Å². The number of nitrogens with zero attached hydrogens (tertiary/aromatic N) is 3. The van der Waals surface area contributed by atoms with E-state index in [0.717, 1.165) is 22.5 Å². The fourth-order valence-electron chi connectivity index (χ4n) is 2.38. The second kappa shape index (κ2) is 5.21. The van der Waals surface area contributed by atoms with Crippen LogP contribution in [0, 0.1) is 0 Å². The summed E-state index contributed by atoms with van der Waals surface area (Å²) in [6.45, 7) is 5.03. The predicted octanol–water partition coefficient (Wildman–Crippen LogP) is 2.24. The molecule has 7 heteroatoms. The van der Waals surface area contributed by atoms with Gasteiger partial charge in [-0.1, -0.05) is 6.92 Å². The van der Waals surface area contributed by atoms with Crippen LogP contribution in [0.5, 0.6) is 0 Å². The van der Waals surface area contributed by atoms with E-state index in [-0.39, 0.29) is 11.9 Å². The van der Waals surface area contributed by atoms with Gasteiger partial charge in [-0.15, -0.1) is 16.4 Å². The highest BCUT2D eigenvalue weighted by Crippen LogP contribution is 2.34. The van der Waals surface area contributed by atoms with Crippen molar-refractivity contribution >= 4 is 44.9 Å². The Morgan fingerprint density at radius 1 is 1.50 bits per heavy atom. The Bertz CT molecular complexity index is 657. The van der Waals surface area contributed by atoms with Gasteiger partial charge in [0.25, 0.3) is 5.91 Å². The fourth-order valence-corrected chi connectivity index (χ4v) is 4.48. The van der Waals surface area contributed by atoms with Gasteiger partial charge in [0.15, 0.2) is 0 Å². The fraction of sp³-hybridized carbons (Fsp3) is 0.462. The molecule has 0 aliphatic carbocycles. The highest BCUT2D eigenvalue weighted by atomic mass is 32.2. The SMILES string of the molecule is CC1SCCN(C(=O)c2sc3nnccc3c2N)C1C. The molecule has 1 aliphatic rings. The van der Waals surface area contributed by atoms with Crippen molar-refractivity contribution in [2.45, 2.75) is 25.1 Å². The lowest BCUT2D eigenvalue weighted by Crippen LogP contribution is -2.47. The molecule has 2 N–H and O–H groups in total. The number of rotatable bonds is 1. The molecule has 0 saturated carbocycles. The van der Waals surface area contributed by atoms with Gasteiger partial charge >= 0.3 is 0 Å². The normalized spacial score (nSPS) is 23.2. The molecule has 3 heterocycles. The van der Waals surface area contributed by atoms with Gasteiger partial charge in [0.05, 0.1) is 11.9 Å². The lowest BCUT2D eigenvalue weighted by atomic mass is 10.2.